The van der Waals surface area contributed by atoms with Gasteiger partial charge in [-0.25, -0.2) is 13.6 Å². The van der Waals surface area contributed by atoms with E-state index >= 15 is 0 Å². The SMILES string of the molecule is CC(=O)O.CN1CCC(n2c(=O)[nH]c3cc(/C=C4/c5ccc(F)cc5OCc5c(F)cccc54)ccc32)C1. The maximum Gasteiger partial charge on any atom is 0.326 e. The largest absolute Gasteiger partial charge is 0.488 e. The Morgan fingerprint density at radius 2 is 1.92 bits per heavy atom. The lowest BCUT2D eigenvalue weighted by Crippen LogP contribution is -2.24. The Bertz CT molecular complexity index is 1620. The zero-order valence-corrected chi connectivity index (χ0v) is 21.0. The molecule has 0 radical (unpaired) electrons. The number of likely N-dealkylation sites (tertiary alicyclic amines) is 1. The zero-order chi connectivity index (χ0) is 27.0. The Labute approximate surface area is 217 Å². The molecule has 0 aliphatic carbocycles. The molecule has 1 saturated heterocycles. The monoisotopic (exact) mass is 519 g/mol. The number of aromatic amines is 1. The van der Waals surface area contributed by atoms with E-state index in [2.05, 4.69) is 16.9 Å². The number of H-pyrrole nitrogens is 1. The molecule has 3 heterocycles. The van der Waals surface area contributed by atoms with Crippen LogP contribution in [0.3, 0.4) is 0 Å². The van der Waals surface area contributed by atoms with E-state index in [0.29, 0.717) is 22.4 Å². The number of ether oxygens (including phenoxy) is 1. The molecule has 7 nitrogen and oxygen atoms in total. The highest BCUT2D eigenvalue weighted by molar-refractivity contribution is 5.95. The van der Waals surface area contributed by atoms with Crippen LogP contribution in [0.5, 0.6) is 5.75 Å². The van der Waals surface area contributed by atoms with Gasteiger partial charge in [-0.1, -0.05) is 18.2 Å². The Balaban J connectivity index is 0.000000689. The Morgan fingerprint density at radius 3 is 2.66 bits per heavy atom. The molecule has 2 aliphatic rings. The van der Waals surface area contributed by atoms with E-state index in [1.165, 1.54) is 18.2 Å². The predicted molar refractivity (Wildman–Crippen MR) is 141 cm³/mol. The van der Waals surface area contributed by atoms with E-state index in [-0.39, 0.29) is 24.2 Å². The Kier molecular flexibility index (Phi) is 6.86. The van der Waals surface area contributed by atoms with E-state index < -0.39 is 11.8 Å². The van der Waals surface area contributed by atoms with Gasteiger partial charge in [-0.15, -0.1) is 0 Å². The highest BCUT2D eigenvalue weighted by Crippen LogP contribution is 2.39. The third kappa shape index (κ3) is 4.97. The van der Waals surface area contributed by atoms with E-state index in [0.717, 1.165) is 48.6 Å². The van der Waals surface area contributed by atoms with Crippen molar-refractivity contribution in [1.29, 1.82) is 0 Å². The van der Waals surface area contributed by atoms with Crippen molar-refractivity contribution >= 4 is 28.7 Å². The Morgan fingerprint density at radius 1 is 1.13 bits per heavy atom. The zero-order valence-electron chi connectivity index (χ0n) is 21.0. The number of carbonyl (C=O) groups is 1. The molecule has 1 atom stereocenters. The van der Waals surface area contributed by atoms with Crippen LogP contribution in [0.1, 0.15) is 41.6 Å². The van der Waals surface area contributed by atoms with Crippen molar-refractivity contribution in [2.75, 3.05) is 20.1 Å². The first-order valence-electron chi connectivity index (χ1n) is 12.3. The maximum absolute atomic E-state index is 14.7. The highest BCUT2D eigenvalue weighted by Gasteiger charge is 2.25. The summed E-state index contributed by atoms with van der Waals surface area (Å²) in [6, 6.07) is 15.2. The number of carboxylic acids is 1. The van der Waals surface area contributed by atoms with Gasteiger partial charge in [0.15, 0.2) is 0 Å². The van der Waals surface area contributed by atoms with Gasteiger partial charge in [0, 0.05) is 30.7 Å². The minimum atomic E-state index is -0.833. The summed E-state index contributed by atoms with van der Waals surface area (Å²) in [6.45, 7) is 2.90. The third-order valence-corrected chi connectivity index (χ3v) is 6.80. The van der Waals surface area contributed by atoms with Crippen LogP contribution in [0.2, 0.25) is 0 Å². The average molecular weight is 520 g/mol. The second-order valence-corrected chi connectivity index (χ2v) is 9.55. The molecule has 0 bridgehead atoms. The number of hydrogen-bond acceptors (Lipinski definition) is 4. The van der Waals surface area contributed by atoms with Gasteiger partial charge in [-0.3, -0.25) is 9.36 Å². The van der Waals surface area contributed by atoms with Gasteiger partial charge >= 0.3 is 5.69 Å². The average Bonchev–Trinajstić information content (AvgIpc) is 3.38. The number of aliphatic carboxylic acids is 1. The van der Waals surface area contributed by atoms with E-state index in [1.54, 1.807) is 12.1 Å². The number of imidazole rings is 1. The molecule has 1 unspecified atom stereocenters. The van der Waals surface area contributed by atoms with Crippen LogP contribution in [0, 0.1) is 11.6 Å². The number of hydrogen-bond donors (Lipinski definition) is 2. The van der Waals surface area contributed by atoms with E-state index in [9.17, 15) is 13.6 Å². The molecule has 6 rings (SSSR count). The Hall–Kier alpha value is -4.24. The lowest BCUT2D eigenvalue weighted by molar-refractivity contribution is -0.134. The summed E-state index contributed by atoms with van der Waals surface area (Å²) < 4.78 is 36.2. The quantitative estimate of drug-likeness (QED) is 0.387. The molecule has 38 heavy (non-hydrogen) atoms. The summed E-state index contributed by atoms with van der Waals surface area (Å²) in [5.74, 6) is -1.25. The van der Waals surface area contributed by atoms with Crippen LogP contribution < -0.4 is 10.4 Å². The number of nitrogens with zero attached hydrogens (tertiary/aromatic N) is 2. The van der Waals surface area contributed by atoms with Gasteiger partial charge in [0.25, 0.3) is 5.97 Å². The van der Waals surface area contributed by atoms with Crippen LogP contribution in [0.25, 0.3) is 22.7 Å². The first-order chi connectivity index (χ1) is 18.2. The highest BCUT2D eigenvalue weighted by atomic mass is 19.1. The molecule has 1 fully saturated rings. The predicted octanol–water partition coefficient (Wildman–Crippen LogP) is 5.06. The summed E-state index contributed by atoms with van der Waals surface area (Å²) in [7, 11) is 2.06. The molecule has 2 N–H and O–H groups in total. The lowest BCUT2D eigenvalue weighted by Gasteiger charge is -2.13. The van der Waals surface area contributed by atoms with Gasteiger partial charge in [0.1, 0.15) is 24.0 Å². The van der Waals surface area contributed by atoms with Crippen molar-refractivity contribution in [2.45, 2.75) is 26.0 Å². The second kappa shape index (κ2) is 10.3. The fourth-order valence-electron chi connectivity index (χ4n) is 5.14. The van der Waals surface area contributed by atoms with Gasteiger partial charge in [0.2, 0.25) is 0 Å². The molecule has 3 aromatic carbocycles. The normalized spacial score (nSPS) is 17.8. The van der Waals surface area contributed by atoms with Gasteiger partial charge in [-0.05, 0) is 73.1 Å². The first kappa shape index (κ1) is 25.4. The summed E-state index contributed by atoms with van der Waals surface area (Å²) in [4.78, 5) is 27.0. The van der Waals surface area contributed by atoms with Crippen LogP contribution in [-0.4, -0.2) is 45.7 Å². The molecule has 0 amide bonds. The van der Waals surface area contributed by atoms with Crippen LogP contribution in [0.15, 0.2) is 59.4 Å². The van der Waals surface area contributed by atoms with Crippen LogP contribution in [0.4, 0.5) is 8.78 Å². The first-order valence-corrected chi connectivity index (χ1v) is 12.3. The molecular weight excluding hydrogens is 492 g/mol. The fraction of sp³-hybridized carbons (Fsp3) is 0.241. The van der Waals surface area contributed by atoms with E-state index in [1.807, 2.05) is 34.9 Å². The summed E-state index contributed by atoms with van der Waals surface area (Å²) in [5, 5.41) is 7.42. The van der Waals surface area contributed by atoms with Crippen molar-refractivity contribution in [3.63, 3.8) is 0 Å². The topological polar surface area (TPSA) is 87.6 Å². The smallest absolute Gasteiger partial charge is 0.326 e. The molecule has 4 aromatic rings. The third-order valence-electron chi connectivity index (χ3n) is 6.80. The number of halogens is 2. The number of benzene rings is 3. The molecular formula is C29H27F2N3O4. The molecule has 0 spiro atoms. The number of carboxylic acid groups (broad SMARTS) is 1. The second-order valence-electron chi connectivity index (χ2n) is 9.55. The summed E-state index contributed by atoms with van der Waals surface area (Å²) in [5.41, 5.74) is 4.89. The van der Waals surface area contributed by atoms with Crippen LogP contribution >= 0.6 is 0 Å². The van der Waals surface area contributed by atoms with Crippen molar-refractivity contribution in [3.05, 3.63) is 99.0 Å². The number of fused-ring (bicyclic) bond motifs is 3. The minimum Gasteiger partial charge on any atom is -0.488 e. The number of likely N-dealkylation sites (N-methyl/N-ethyl adjacent to an activating group) is 1. The summed E-state index contributed by atoms with van der Waals surface area (Å²) in [6.07, 6.45) is 2.87. The van der Waals surface area contributed by atoms with Crippen LogP contribution in [-0.2, 0) is 11.4 Å². The fourth-order valence-corrected chi connectivity index (χ4v) is 5.14. The van der Waals surface area contributed by atoms with Crippen molar-refractivity contribution in [1.82, 2.24) is 14.5 Å². The molecule has 1 aromatic heterocycles. The molecule has 2 aliphatic heterocycles. The van der Waals surface area contributed by atoms with Gasteiger partial charge in [0.05, 0.1) is 17.1 Å². The molecule has 0 saturated carbocycles. The minimum absolute atomic E-state index is 0.0147. The van der Waals surface area contributed by atoms with Crippen molar-refractivity contribution < 1.29 is 23.4 Å². The van der Waals surface area contributed by atoms with Gasteiger partial charge in [-0.2, -0.15) is 0 Å². The lowest BCUT2D eigenvalue weighted by atomic mass is 9.92. The van der Waals surface area contributed by atoms with E-state index in [4.69, 9.17) is 14.6 Å². The van der Waals surface area contributed by atoms with Crippen molar-refractivity contribution in [3.8, 4) is 5.75 Å². The number of aromatic nitrogens is 2. The number of rotatable bonds is 2. The van der Waals surface area contributed by atoms with Crippen molar-refractivity contribution in [2.24, 2.45) is 0 Å². The molecule has 196 valence electrons. The molecule has 9 heteroatoms. The van der Waals surface area contributed by atoms with Gasteiger partial charge < -0.3 is 19.7 Å². The number of nitrogens with one attached hydrogen (secondary N) is 1. The maximum atomic E-state index is 14.7. The standard InChI is InChI=1S/C27H23F2N3O2.C2H4O2/c1-31-10-9-18(14-31)32-25-8-5-16(12-24(25)30-27(32)33)11-21-19-3-2-4-23(29)22(19)15-34-26-13-17(28)6-7-20(21)26;1-2(3)4/h2-8,11-13,18H,9-10,14-15H2,1H3,(H,30,33);1H3,(H,3,4)/b21-11+;. The summed E-state index contributed by atoms with van der Waals surface area (Å²) >= 11 is 0.